The van der Waals surface area contributed by atoms with Gasteiger partial charge in [-0.05, 0) is 54.8 Å². The zero-order valence-electron chi connectivity index (χ0n) is 12.6. The minimum atomic E-state index is -1.12. The normalized spacial score (nSPS) is 13.5. The third-order valence-corrected chi connectivity index (χ3v) is 4.23. The Morgan fingerprint density at radius 2 is 2.23 bits per heavy atom. The summed E-state index contributed by atoms with van der Waals surface area (Å²) in [5.74, 6) is 0. The van der Waals surface area contributed by atoms with Crippen LogP contribution in [0.5, 0.6) is 0 Å². The molecule has 0 saturated carbocycles. The molecule has 0 spiro atoms. The number of nitrogens with one attached hydrogen (secondary N) is 2. The number of anilines is 1. The molecule has 1 atom stereocenters. The minimum Gasteiger partial charge on any atom is -0.384 e. The van der Waals surface area contributed by atoms with Crippen LogP contribution in [0.25, 0.3) is 0 Å². The second-order valence-corrected chi connectivity index (χ2v) is 6.48. The van der Waals surface area contributed by atoms with E-state index in [1.54, 1.807) is 6.92 Å². The predicted molar refractivity (Wildman–Crippen MR) is 89.6 cm³/mol. The first-order valence-electron chi connectivity index (χ1n) is 6.73. The van der Waals surface area contributed by atoms with Crippen LogP contribution in [-0.2, 0) is 5.60 Å². The number of hydrogen-bond donors (Lipinski definition) is 3. The molecule has 7 heteroatoms. The van der Waals surface area contributed by atoms with Crippen molar-refractivity contribution >= 4 is 34.7 Å². The first-order valence-corrected chi connectivity index (χ1v) is 8.05. The number of carbonyl (C=O) groups excluding carboxylic acids is 1. The molecular formula is C15H18ClN3O2S. The van der Waals surface area contributed by atoms with Gasteiger partial charge in [0.25, 0.3) is 0 Å². The van der Waals surface area contributed by atoms with Gasteiger partial charge in [0, 0.05) is 5.69 Å². The molecule has 0 radical (unpaired) electrons. The van der Waals surface area contributed by atoms with Crippen LogP contribution in [0.4, 0.5) is 10.5 Å². The lowest BCUT2D eigenvalue weighted by atomic mass is 9.99. The van der Waals surface area contributed by atoms with Crippen LogP contribution < -0.4 is 10.6 Å². The second kappa shape index (κ2) is 6.64. The van der Waals surface area contributed by atoms with Crippen molar-refractivity contribution in [3.05, 3.63) is 44.9 Å². The Hall–Kier alpha value is -1.63. The maximum atomic E-state index is 12.0. The predicted octanol–water partition coefficient (Wildman–Crippen LogP) is 3.44. The van der Waals surface area contributed by atoms with E-state index in [2.05, 4.69) is 15.6 Å². The number of urea groups is 1. The number of aromatic nitrogens is 1. The van der Waals surface area contributed by atoms with Crippen LogP contribution in [0.3, 0.4) is 0 Å². The van der Waals surface area contributed by atoms with Crippen LogP contribution in [0.2, 0.25) is 5.15 Å². The smallest absolute Gasteiger partial charge is 0.319 e. The highest BCUT2D eigenvalue weighted by Crippen LogP contribution is 2.25. The Morgan fingerprint density at radius 3 is 2.82 bits per heavy atom. The first-order chi connectivity index (χ1) is 10.3. The van der Waals surface area contributed by atoms with Gasteiger partial charge in [-0.2, -0.15) is 11.3 Å². The number of carbonyl (C=O) groups is 1. The highest BCUT2D eigenvalue weighted by Gasteiger charge is 2.24. The van der Waals surface area contributed by atoms with Crippen molar-refractivity contribution in [3.8, 4) is 0 Å². The van der Waals surface area contributed by atoms with Crippen molar-refractivity contribution in [3.63, 3.8) is 0 Å². The molecule has 0 aliphatic rings. The average molecular weight is 340 g/mol. The molecule has 0 aliphatic heterocycles. The Bertz CT molecular complexity index is 648. The molecule has 3 N–H and O–H groups in total. The zero-order chi connectivity index (χ0) is 16.3. The molecular weight excluding hydrogens is 322 g/mol. The van der Waals surface area contributed by atoms with E-state index in [9.17, 15) is 9.90 Å². The maximum absolute atomic E-state index is 12.0. The molecule has 118 valence electrons. The fourth-order valence-electron chi connectivity index (χ4n) is 2.02. The lowest BCUT2D eigenvalue weighted by Crippen LogP contribution is -2.40. The summed E-state index contributed by atoms with van der Waals surface area (Å²) in [6.45, 7) is 5.42. The van der Waals surface area contributed by atoms with Gasteiger partial charge in [0.05, 0.1) is 12.2 Å². The van der Waals surface area contributed by atoms with E-state index in [0.29, 0.717) is 5.69 Å². The summed E-state index contributed by atoms with van der Waals surface area (Å²) in [7, 11) is 0. The lowest BCUT2D eigenvalue weighted by Gasteiger charge is -2.23. The van der Waals surface area contributed by atoms with Gasteiger partial charge in [0.2, 0.25) is 0 Å². The number of pyridine rings is 1. The third kappa shape index (κ3) is 3.97. The second-order valence-electron chi connectivity index (χ2n) is 5.34. The van der Waals surface area contributed by atoms with E-state index in [-0.39, 0.29) is 11.7 Å². The summed E-state index contributed by atoms with van der Waals surface area (Å²) in [5, 5.41) is 19.7. The van der Waals surface area contributed by atoms with Gasteiger partial charge in [-0.15, -0.1) is 0 Å². The van der Waals surface area contributed by atoms with Crippen LogP contribution in [-0.4, -0.2) is 22.7 Å². The molecule has 5 nitrogen and oxygen atoms in total. The number of aryl methyl sites for hydroxylation is 2. The van der Waals surface area contributed by atoms with Crippen LogP contribution in [0.15, 0.2) is 22.9 Å². The van der Waals surface area contributed by atoms with Gasteiger partial charge in [-0.3, -0.25) is 0 Å². The summed E-state index contributed by atoms with van der Waals surface area (Å²) >= 11 is 7.54. The molecule has 1 unspecified atom stereocenters. The summed E-state index contributed by atoms with van der Waals surface area (Å²) in [6.07, 6.45) is 0. The zero-order valence-corrected chi connectivity index (χ0v) is 14.2. The molecule has 2 rings (SSSR count). The van der Waals surface area contributed by atoms with Crippen LogP contribution in [0.1, 0.15) is 23.7 Å². The first kappa shape index (κ1) is 16.7. The molecule has 0 fully saturated rings. The Labute approximate surface area is 138 Å². The summed E-state index contributed by atoms with van der Waals surface area (Å²) < 4.78 is 0. The molecule has 2 aromatic heterocycles. The molecule has 22 heavy (non-hydrogen) atoms. The number of halogens is 1. The van der Waals surface area contributed by atoms with Crippen molar-refractivity contribution in [2.24, 2.45) is 0 Å². The topological polar surface area (TPSA) is 74.2 Å². The van der Waals surface area contributed by atoms with Crippen molar-refractivity contribution in [2.45, 2.75) is 26.4 Å². The van der Waals surface area contributed by atoms with E-state index < -0.39 is 11.6 Å². The molecule has 0 saturated heterocycles. The van der Waals surface area contributed by atoms with Gasteiger partial charge in [0.15, 0.2) is 5.15 Å². The van der Waals surface area contributed by atoms with Gasteiger partial charge in [-0.1, -0.05) is 11.6 Å². The van der Waals surface area contributed by atoms with Crippen LogP contribution in [0, 0.1) is 13.8 Å². The van der Waals surface area contributed by atoms with Gasteiger partial charge < -0.3 is 15.7 Å². The van der Waals surface area contributed by atoms with E-state index in [1.807, 2.05) is 36.7 Å². The van der Waals surface area contributed by atoms with Crippen molar-refractivity contribution in [1.29, 1.82) is 0 Å². The summed E-state index contributed by atoms with van der Waals surface area (Å²) in [5.41, 5.74) is 1.73. The fourth-order valence-corrected chi connectivity index (χ4v) is 3.14. The molecule has 2 amide bonds. The van der Waals surface area contributed by atoms with Gasteiger partial charge >= 0.3 is 6.03 Å². The van der Waals surface area contributed by atoms with E-state index in [4.69, 9.17) is 11.6 Å². The fraction of sp³-hybridized carbons (Fsp3) is 0.333. The number of aliphatic hydroxyl groups is 1. The SMILES string of the molecule is Cc1cc(C)c(NC(=O)NCC(C)(O)c2ccsc2)c(Cl)n1. The van der Waals surface area contributed by atoms with E-state index in [1.165, 1.54) is 11.3 Å². The molecule has 0 bridgehead atoms. The van der Waals surface area contributed by atoms with Crippen molar-refractivity contribution in [2.75, 3.05) is 11.9 Å². The van der Waals surface area contributed by atoms with Gasteiger partial charge in [-0.25, -0.2) is 9.78 Å². The molecule has 0 aliphatic carbocycles. The van der Waals surface area contributed by atoms with Crippen molar-refractivity contribution < 1.29 is 9.90 Å². The quantitative estimate of drug-likeness (QED) is 0.747. The number of rotatable bonds is 4. The molecule has 2 heterocycles. The Kier molecular flexibility index (Phi) is 5.05. The monoisotopic (exact) mass is 339 g/mol. The number of thiophene rings is 1. The highest BCUT2D eigenvalue weighted by molar-refractivity contribution is 7.08. The summed E-state index contributed by atoms with van der Waals surface area (Å²) in [6, 6.07) is 3.23. The average Bonchev–Trinajstić information content (AvgIpc) is 2.95. The highest BCUT2D eigenvalue weighted by atomic mass is 35.5. The number of hydrogen-bond acceptors (Lipinski definition) is 4. The van der Waals surface area contributed by atoms with Crippen molar-refractivity contribution in [1.82, 2.24) is 10.3 Å². The Morgan fingerprint density at radius 1 is 1.50 bits per heavy atom. The van der Waals surface area contributed by atoms with Gasteiger partial charge in [0.1, 0.15) is 5.60 Å². The number of amides is 2. The minimum absolute atomic E-state index is 0.0888. The number of nitrogens with zero attached hydrogens (tertiary/aromatic N) is 1. The standard InChI is InChI=1S/C15H18ClN3O2S/c1-9-6-10(2)18-13(16)12(9)19-14(20)17-8-15(3,21)11-4-5-22-7-11/h4-7,21H,8H2,1-3H3,(H2,17,19,20). The molecule has 0 aromatic carbocycles. The van der Waals surface area contributed by atoms with E-state index in [0.717, 1.165) is 16.8 Å². The molecule has 2 aromatic rings. The third-order valence-electron chi connectivity index (χ3n) is 3.28. The largest absolute Gasteiger partial charge is 0.384 e. The lowest BCUT2D eigenvalue weighted by molar-refractivity contribution is 0.0604. The Balaban J connectivity index is 2.00. The van der Waals surface area contributed by atoms with E-state index >= 15 is 0 Å². The van der Waals surface area contributed by atoms with Crippen LogP contribution >= 0.6 is 22.9 Å². The summed E-state index contributed by atoms with van der Waals surface area (Å²) in [4.78, 5) is 16.1. The maximum Gasteiger partial charge on any atom is 0.319 e.